The Bertz CT molecular complexity index is 2690. The number of anilines is 2. The number of imidazole rings is 2. The zero-order valence-corrected chi connectivity index (χ0v) is 53.4. The van der Waals surface area contributed by atoms with Gasteiger partial charge >= 0.3 is 15.2 Å². The molecule has 0 fully saturated rings. The lowest BCUT2D eigenvalue weighted by molar-refractivity contribution is 0.0979. The van der Waals surface area contributed by atoms with E-state index in [0.29, 0.717) is 57.0 Å². The molecule has 0 spiro atoms. The molecule has 0 saturated heterocycles. The number of benzene rings is 1. The molecular formula is C61H106N10O12P2. The molecule has 0 saturated carbocycles. The highest BCUT2D eigenvalue weighted by Gasteiger charge is 2.26. The number of rotatable bonds is 53. The van der Waals surface area contributed by atoms with Gasteiger partial charge in [-0.15, -0.1) is 0 Å². The Labute approximate surface area is 505 Å². The SMILES string of the molecule is CCCCCCCCCCCCCCCCOCCCOP(=O)(COCCn1cnc2c(=O)[nH]c(N)nc21)OCc1ccccc1.CCCCCCCCCCCCCCCCOCCCOP(=O)(O)COCCn1cnc2c(=O)[nH]c(N)nc21. The Morgan fingerprint density at radius 1 is 0.459 bits per heavy atom. The molecule has 24 heteroatoms. The van der Waals surface area contributed by atoms with Crippen LogP contribution < -0.4 is 22.6 Å². The molecule has 2 atom stereocenters. The van der Waals surface area contributed by atoms with Crippen LogP contribution in [0.5, 0.6) is 0 Å². The van der Waals surface area contributed by atoms with Gasteiger partial charge in [0.25, 0.3) is 11.1 Å². The molecule has 2 unspecified atom stereocenters. The van der Waals surface area contributed by atoms with E-state index < -0.39 is 32.7 Å². The number of aromatic nitrogens is 8. The van der Waals surface area contributed by atoms with Crippen molar-refractivity contribution in [3.8, 4) is 0 Å². The molecule has 5 aromatic rings. The number of H-pyrrole nitrogens is 2. The Hall–Kier alpha value is -4.34. The van der Waals surface area contributed by atoms with Gasteiger partial charge in [0.15, 0.2) is 22.3 Å². The van der Waals surface area contributed by atoms with Gasteiger partial charge < -0.3 is 58.0 Å². The van der Waals surface area contributed by atoms with E-state index >= 15 is 0 Å². The van der Waals surface area contributed by atoms with E-state index in [1.807, 2.05) is 30.3 Å². The van der Waals surface area contributed by atoms with Gasteiger partial charge in [0.05, 0.1) is 45.7 Å². The predicted octanol–water partition coefficient (Wildman–Crippen LogP) is 13.8. The number of nitrogens with one attached hydrogen (secondary N) is 2. The zero-order valence-electron chi connectivity index (χ0n) is 51.6. The Morgan fingerprint density at radius 3 is 1.26 bits per heavy atom. The third kappa shape index (κ3) is 33.6. The highest BCUT2D eigenvalue weighted by molar-refractivity contribution is 7.53. The van der Waals surface area contributed by atoms with Gasteiger partial charge in [0.2, 0.25) is 11.9 Å². The predicted molar refractivity (Wildman–Crippen MR) is 339 cm³/mol. The summed E-state index contributed by atoms with van der Waals surface area (Å²) in [6.45, 7) is 8.48. The molecule has 482 valence electrons. The van der Waals surface area contributed by atoms with Crippen LogP contribution in [-0.2, 0) is 61.3 Å². The van der Waals surface area contributed by atoms with Crippen molar-refractivity contribution < 1.29 is 46.5 Å². The number of nitrogens with zero attached hydrogens (tertiary/aromatic N) is 6. The molecule has 0 radical (unpaired) electrons. The van der Waals surface area contributed by atoms with Crippen LogP contribution in [-0.4, -0.2) is 109 Å². The zero-order chi connectivity index (χ0) is 60.9. The van der Waals surface area contributed by atoms with Crippen molar-refractivity contribution in [3.63, 3.8) is 0 Å². The van der Waals surface area contributed by atoms with E-state index in [-0.39, 0.29) is 62.3 Å². The molecule has 7 N–H and O–H groups in total. The Kier molecular flexibility index (Phi) is 39.5. The van der Waals surface area contributed by atoms with Gasteiger partial charge in [-0.3, -0.25) is 28.7 Å². The number of fused-ring (bicyclic) bond motifs is 2. The summed E-state index contributed by atoms with van der Waals surface area (Å²) in [4.78, 5) is 54.9. The lowest BCUT2D eigenvalue weighted by Gasteiger charge is -2.19. The van der Waals surface area contributed by atoms with Gasteiger partial charge in [-0.2, -0.15) is 9.97 Å². The third-order valence-corrected chi connectivity index (χ3v) is 17.1. The fraction of sp³-hybridized carbons (Fsp3) is 0.738. The molecule has 22 nitrogen and oxygen atoms in total. The molecule has 4 heterocycles. The number of aromatic amines is 2. The minimum atomic E-state index is -3.85. The average Bonchev–Trinajstić information content (AvgIpc) is 4.34. The molecule has 0 aliphatic rings. The number of nitrogen functional groups attached to an aromatic ring is 2. The highest BCUT2D eigenvalue weighted by Crippen LogP contribution is 2.49. The molecule has 0 aliphatic heterocycles. The van der Waals surface area contributed by atoms with Crippen molar-refractivity contribution in [2.24, 2.45) is 0 Å². The fourth-order valence-corrected chi connectivity index (χ4v) is 11.8. The van der Waals surface area contributed by atoms with Crippen molar-refractivity contribution in [2.45, 2.75) is 226 Å². The minimum Gasteiger partial charge on any atom is -0.381 e. The average molecular weight is 1230 g/mol. The molecule has 85 heavy (non-hydrogen) atoms. The smallest absolute Gasteiger partial charge is 0.356 e. The van der Waals surface area contributed by atoms with Crippen LogP contribution in [0.25, 0.3) is 22.3 Å². The lowest BCUT2D eigenvalue weighted by Crippen LogP contribution is -2.13. The van der Waals surface area contributed by atoms with Crippen molar-refractivity contribution in [2.75, 3.05) is 77.0 Å². The third-order valence-electron chi connectivity index (χ3n) is 14.4. The van der Waals surface area contributed by atoms with Crippen LogP contribution in [0, 0.1) is 0 Å². The maximum atomic E-state index is 13.5. The molecular weight excluding hydrogens is 1130 g/mol. The van der Waals surface area contributed by atoms with Crippen LogP contribution in [0.1, 0.15) is 212 Å². The summed E-state index contributed by atoms with van der Waals surface area (Å²) in [7, 11) is -7.39. The first-order chi connectivity index (χ1) is 41.4. The van der Waals surface area contributed by atoms with Crippen LogP contribution in [0.15, 0.2) is 52.6 Å². The quantitative estimate of drug-likeness (QED) is 0.0178. The van der Waals surface area contributed by atoms with Gasteiger partial charge in [-0.1, -0.05) is 211 Å². The van der Waals surface area contributed by atoms with Crippen LogP contribution in [0.2, 0.25) is 0 Å². The van der Waals surface area contributed by atoms with Crippen LogP contribution in [0.3, 0.4) is 0 Å². The second kappa shape index (κ2) is 45.9. The van der Waals surface area contributed by atoms with E-state index in [2.05, 4.69) is 43.8 Å². The van der Waals surface area contributed by atoms with E-state index in [1.165, 1.54) is 180 Å². The van der Waals surface area contributed by atoms with E-state index in [1.54, 1.807) is 9.13 Å². The Morgan fingerprint density at radius 2 is 0.835 bits per heavy atom. The fourth-order valence-electron chi connectivity index (χ4n) is 9.58. The van der Waals surface area contributed by atoms with Crippen LogP contribution in [0.4, 0.5) is 11.9 Å². The van der Waals surface area contributed by atoms with Crippen molar-refractivity contribution in [1.29, 1.82) is 0 Å². The lowest BCUT2D eigenvalue weighted by atomic mass is 10.0. The second-order valence-corrected chi connectivity index (χ2v) is 25.8. The van der Waals surface area contributed by atoms with Gasteiger partial charge in [-0.25, -0.2) is 9.97 Å². The minimum absolute atomic E-state index is 0.00741. The first-order valence-electron chi connectivity index (χ1n) is 32.0. The van der Waals surface area contributed by atoms with Gasteiger partial charge in [-0.05, 0) is 31.2 Å². The van der Waals surface area contributed by atoms with Gasteiger partial charge in [0, 0.05) is 39.5 Å². The number of hydrogen-bond donors (Lipinski definition) is 5. The molecule has 1 aromatic carbocycles. The summed E-state index contributed by atoms with van der Waals surface area (Å²) in [5.74, 6) is 0.00272. The van der Waals surface area contributed by atoms with E-state index in [0.717, 1.165) is 25.0 Å². The normalized spacial score (nSPS) is 13.1. The number of ether oxygens (including phenoxy) is 4. The molecule has 0 bridgehead atoms. The standard InChI is InChI=1S/C34H56N5O6P.C27H50N5O6P/c1-2-3-4-5-6-7-8-9-10-11-12-13-14-18-23-42-24-19-25-44-46(41,45-27-30-20-16-15-17-21-30)29-43-26-22-39-28-36-31-32(39)37-34(35)38-33(31)40;1-2-3-4-5-6-7-8-9-10-11-12-13-14-15-18-36-19-16-20-38-39(34,35)23-37-21-17-32-22-29-24-25(32)30-27(28)31-26(24)33/h15-17,20-21,28H,2-14,18-19,22-27,29H2,1H3,(H3,35,37,38,40);22H,2-21,23H2,1H3,(H,34,35)(H3,28,30,31,33). The number of nitrogens with two attached hydrogens (primary N) is 2. The first kappa shape index (κ1) is 73.1. The molecule has 0 aliphatic carbocycles. The summed E-state index contributed by atoms with van der Waals surface area (Å²) in [5, 5.41) is 0. The van der Waals surface area contributed by atoms with E-state index in [4.69, 9.17) is 44.0 Å². The molecule has 4 aromatic heterocycles. The number of hydrogen-bond acceptors (Lipinski definition) is 17. The van der Waals surface area contributed by atoms with Crippen molar-refractivity contribution >= 4 is 49.4 Å². The summed E-state index contributed by atoms with van der Waals surface area (Å²) >= 11 is 0. The van der Waals surface area contributed by atoms with E-state index in [9.17, 15) is 23.6 Å². The largest absolute Gasteiger partial charge is 0.381 e. The van der Waals surface area contributed by atoms with Crippen molar-refractivity contribution in [1.82, 2.24) is 39.0 Å². The second-order valence-electron chi connectivity index (χ2n) is 22.0. The maximum Gasteiger partial charge on any atom is 0.356 e. The monoisotopic (exact) mass is 1230 g/mol. The number of unbranched alkanes of at least 4 members (excludes halogenated alkanes) is 26. The maximum absolute atomic E-state index is 13.5. The molecule has 5 rings (SSSR count). The first-order valence-corrected chi connectivity index (χ1v) is 35.5. The molecule has 0 amide bonds. The summed E-state index contributed by atoms with van der Waals surface area (Å²) < 4.78 is 68.0. The summed E-state index contributed by atoms with van der Waals surface area (Å²) in [6, 6.07) is 9.52. The van der Waals surface area contributed by atoms with Crippen molar-refractivity contribution in [3.05, 3.63) is 69.3 Å². The topological polar surface area (TPSA) is 298 Å². The Balaban J connectivity index is 0.000000370. The highest BCUT2D eigenvalue weighted by atomic mass is 31.2. The summed E-state index contributed by atoms with van der Waals surface area (Å²) in [5.41, 5.74) is 12.4. The summed E-state index contributed by atoms with van der Waals surface area (Å²) in [6.07, 6.45) is 40.8. The van der Waals surface area contributed by atoms with Crippen LogP contribution >= 0.6 is 15.2 Å². The van der Waals surface area contributed by atoms with Gasteiger partial charge in [0.1, 0.15) is 12.7 Å².